The fourth-order valence-corrected chi connectivity index (χ4v) is 3.10. The highest BCUT2D eigenvalue weighted by Gasteiger charge is 2.42. The van der Waals surface area contributed by atoms with Gasteiger partial charge in [-0.15, -0.1) is 0 Å². The van der Waals surface area contributed by atoms with Crippen LogP contribution in [0.2, 0.25) is 0 Å². The third-order valence-electron chi connectivity index (χ3n) is 4.76. The summed E-state index contributed by atoms with van der Waals surface area (Å²) in [5.41, 5.74) is 0.0346. The second-order valence-corrected chi connectivity index (χ2v) is 6.53. The summed E-state index contributed by atoms with van der Waals surface area (Å²) in [6, 6.07) is 9.45. The van der Waals surface area contributed by atoms with Gasteiger partial charge in [-0.1, -0.05) is 25.1 Å². The van der Waals surface area contributed by atoms with Crippen molar-refractivity contribution in [3.8, 4) is 5.69 Å². The lowest BCUT2D eigenvalue weighted by Crippen LogP contribution is -2.56. The van der Waals surface area contributed by atoms with Crippen molar-refractivity contribution in [1.82, 2.24) is 15.1 Å². The zero-order chi connectivity index (χ0) is 17.2. The number of aliphatic carboxylic acids is 1. The van der Waals surface area contributed by atoms with Crippen molar-refractivity contribution in [3.05, 3.63) is 48.3 Å². The molecule has 1 fully saturated rings. The van der Waals surface area contributed by atoms with E-state index in [4.69, 9.17) is 0 Å². The van der Waals surface area contributed by atoms with E-state index in [0.29, 0.717) is 24.3 Å². The van der Waals surface area contributed by atoms with Crippen LogP contribution < -0.4 is 5.32 Å². The van der Waals surface area contributed by atoms with Crippen LogP contribution in [0.1, 0.15) is 43.0 Å². The van der Waals surface area contributed by atoms with Gasteiger partial charge in [0.1, 0.15) is 5.54 Å². The van der Waals surface area contributed by atoms with E-state index in [1.807, 2.05) is 30.3 Å². The number of aromatic nitrogens is 2. The monoisotopic (exact) mass is 327 g/mol. The van der Waals surface area contributed by atoms with Crippen molar-refractivity contribution < 1.29 is 14.7 Å². The molecule has 2 aromatic rings. The van der Waals surface area contributed by atoms with E-state index in [9.17, 15) is 14.7 Å². The van der Waals surface area contributed by atoms with Crippen LogP contribution in [-0.2, 0) is 4.79 Å². The maximum Gasteiger partial charge on any atom is 0.329 e. The van der Waals surface area contributed by atoms with E-state index in [1.165, 1.54) is 6.20 Å². The molecule has 0 atom stereocenters. The lowest BCUT2D eigenvalue weighted by molar-refractivity contribution is -0.146. The number of para-hydroxylation sites is 1. The van der Waals surface area contributed by atoms with Gasteiger partial charge in [0.15, 0.2) is 0 Å². The van der Waals surface area contributed by atoms with Crippen LogP contribution >= 0.6 is 0 Å². The quantitative estimate of drug-likeness (QED) is 0.904. The summed E-state index contributed by atoms with van der Waals surface area (Å²) >= 11 is 0. The summed E-state index contributed by atoms with van der Waals surface area (Å²) in [6.45, 7) is 2.11. The van der Waals surface area contributed by atoms with Gasteiger partial charge in [0.25, 0.3) is 5.91 Å². The molecule has 126 valence electrons. The number of carbonyl (C=O) groups is 2. The zero-order valence-corrected chi connectivity index (χ0v) is 13.6. The molecule has 0 radical (unpaired) electrons. The standard InChI is InChI=1S/C18H21N3O3/c1-13-7-9-18(10-8-13,17(23)24)20-16(22)14-11-19-21(12-14)15-5-3-2-4-6-15/h2-6,11-13H,7-10H2,1H3,(H,20,22)(H,23,24). The minimum absolute atomic E-state index is 0.359. The SMILES string of the molecule is CC1CCC(NC(=O)c2cnn(-c3ccccc3)c2)(C(=O)O)CC1. The molecule has 1 aromatic carbocycles. The Morgan fingerprint density at radius 2 is 1.92 bits per heavy atom. The van der Waals surface area contributed by atoms with E-state index in [0.717, 1.165) is 18.5 Å². The molecule has 1 amide bonds. The minimum Gasteiger partial charge on any atom is -0.480 e. The van der Waals surface area contributed by atoms with Gasteiger partial charge in [-0.05, 0) is 43.7 Å². The van der Waals surface area contributed by atoms with Gasteiger partial charge in [-0.2, -0.15) is 5.10 Å². The van der Waals surface area contributed by atoms with Crippen molar-refractivity contribution in [3.63, 3.8) is 0 Å². The molecule has 1 aromatic heterocycles. The summed E-state index contributed by atoms with van der Waals surface area (Å²) in [5.74, 6) is -0.859. The number of nitrogens with one attached hydrogen (secondary N) is 1. The first-order valence-electron chi connectivity index (χ1n) is 8.16. The summed E-state index contributed by atoms with van der Waals surface area (Å²) in [5, 5.41) is 16.5. The van der Waals surface area contributed by atoms with Gasteiger partial charge in [0.2, 0.25) is 0 Å². The predicted octanol–water partition coefficient (Wildman–Crippen LogP) is 2.64. The molecular weight excluding hydrogens is 306 g/mol. The molecule has 1 saturated carbocycles. The highest BCUT2D eigenvalue weighted by Crippen LogP contribution is 2.32. The predicted molar refractivity (Wildman–Crippen MR) is 89.0 cm³/mol. The number of benzene rings is 1. The molecule has 0 spiro atoms. The fraction of sp³-hybridized carbons (Fsp3) is 0.389. The lowest BCUT2D eigenvalue weighted by atomic mass is 9.77. The Bertz CT molecular complexity index is 731. The Labute approximate surface area is 140 Å². The van der Waals surface area contributed by atoms with Crippen molar-refractivity contribution >= 4 is 11.9 Å². The number of hydrogen-bond donors (Lipinski definition) is 2. The van der Waals surface area contributed by atoms with Crippen molar-refractivity contribution in [2.45, 2.75) is 38.1 Å². The second kappa shape index (κ2) is 6.47. The maximum absolute atomic E-state index is 12.5. The van der Waals surface area contributed by atoms with E-state index in [-0.39, 0.29) is 0 Å². The van der Waals surface area contributed by atoms with E-state index in [1.54, 1.807) is 10.9 Å². The minimum atomic E-state index is -1.17. The number of carbonyl (C=O) groups excluding carboxylic acids is 1. The van der Waals surface area contributed by atoms with Crippen LogP contribution in [0.15, 0.2) is 42.7 Å². The number of hydrogen-bond acceptors (Lipinski definition) is 3. The Morgan fingerprint density at radius 1 is 1.25 bits per heavy atom. The number of rotatable bonds is 4. The average molecular weight is 327 g/mol. The second-order valence-electron chi connectivity index (χ2n) is 6.53. The Morgan fingerprint density at radius 3 is 2.54 bits per heavy atom. The number of carboxylic acid groups (broad SMARTS) is 1. The highest BCUT2D eigenvalue weighted by molar-refractivity contribution is 5.97. The molecule has 0 saturated heterocycles. The molecule has 24 heavy (non-hydrogen) atoms. The summed E-state index contributed by atoms with van der Waals surface area (Å²) < 4.78 is 1.60. The van der Waals surface area contributed by atoms with Gasteiger partial charge >= 0.3 is 5.97 Å². The molecule has 0 aliphatic heterocycles. The van der Waals surface area contributed by atoms with Crippen LogP contribution in [0, 0.1) is 5.92 Å². The number of amides is 1. The Hall–Kier alpha value is -2.63. The highest BCUT2D eigenvalue weighted by atomic mass is 16.4. The molecule has 1 heterocycles. The zero-order valence-electron chi connectivity index (χ0n) is 13.6. The molecule has 1 aliphatic rings. The molecule has 0 bridgehead atoms. The lowest BCUT2D eigenvalue weighted by Gasteiger charge is -2.36. The molecule has 3 rings (SSSR count). The van der Waals surface area contributed by atoms with E-state index in [2.05, 4.69) is 17.3 Å². The molecular formula is C18H21N3O3. The van der Waals surface area contributed by atoms with Crippen molar-refractivity contribution in [2.24, 2.45) is 5.92 Å². The molecule has 0 unspecified atom stereocenters. The van der Waals surface area contributed by atoms with Crippen LogP contribution in [0.25, 0.3) is 5.69 Å². The summed E-state index contributed by atoms with van der Waals surface area (Å²) in [7, 11) is 0. The topological polar surface area (TPSA) is 84.2 Å². The van der Waals surface area contributed by atoms with Gasteiger partial charge in [0.05, 0.1) is 17.4 Å². The molecule has 2 N–H and O–H groups in total. The molecule has 6 nitrogen and oxygen atoms in total. The van der Waals surface area contributed by atoms with E-state index >= 15 is 0 Å². The molecule has 6 heteroatoms. The van der Waals surface area contributed by atoms with Crippen LogP contribution in [0.5, 0.6) is 0 Å². The third kappa shape index (κ3) is 3.18. The van der Waals surface area contributed by atoms with Crippen LogP contribution in [0.4, 0.5) is 0 Å². The van der Waals surface area contributed by atoms with Crippen molar-refractivity contribution in [2.75, 3.05) is 0 Å². The Kier molecular flexibility index (Phi) is 4.38. The van der Waals surface area contributed by atoms with Crippen LogP contribution in [-0.4, -0.2) is 32.3 Å². The first kappa shape index (κ1) is 16.2. The fourth-order valence-electron chi connectivity index (χ4n) is 3.10. The average Bonchev–Trinajstić information content (AvgIpc) is 3.08. The van der Waals surface area contributed by atoms with E-state index < -0.39 is 17.4 Å². The van der Waals surface area contributed by atoms with Gasteiger partial charge in [-0.3, -0.25) is 4.79 Å². The van der Waals surface area contributed by atoms with Gasteiger partial charge in [0, 0.05) is 6.20 Å². The molecule has 1 aliphatic carbocycles. The summed E-state index contributed by atoms with van der Waals surface area (Å²) in [6.07, 6.45) is 5.60. The largest absolute Gasteiger partial charge is 0.480 e. The number of carboxylic acids is 1. The normalized spacial score (nSPS) is 23.6. The summed E-state index contributed by atoms with van der Waals surface area (Å²) in [4.78, 5) is 24.3. The maximum atomic E-state index is 12.5. The number of nitrogens with zero attached hydrogens (tertiary/aromatic N) is 2. The van der Waals surface area contributed by atoms with Gasteiger partial charge < -0.3 is 10.4 Å². The first-order valence-corrected chi connectivity index (χ1v) is 8.16. The third-order valence-corrected chi connectivity index (χ3v) is 4.76. The smallest absolute Gasteiger partial charge is 0.329 e. The van der Waals surface area contributed by atoms with Gasteiger partial charge in [-0.25, -0.2) is 9.48 Å². The Balaban J connectivity index is 1.77. The van der Waals surface area contributed by atoms with Crippen LogP contribution in [0.3, 0.4) is 0 Å². The first-order chi connectivity index (χ1) is 11.5. The van der Waals surface area contributed by atoms with Crippen molar-refractivity contribution in [1.29, 1.82) is 0 Å².